The molecule has 188 valence electrons. The molecule has 1 aromatic carbocycles. The van der Waals surface area contributed by atoms with Gasteiger partial charge in [-0.15, -0.1) is 0 Å². The summed E-state index contributed by atoms with van der Waals surface area (Å²) >= 11 is 1.00. The second-order valence-electron chi connectivity index (χ2n) is 8.52. The van der Waals surface area contributed by atoms with Gasteiger partial charge in [0.25, 0.3) is 0 Å². The Kier molecular flexibility index (Phi) is 10.2. The number of carbonyl (C=O) groups is 2. The number of thioether (sulfide) groups is 1. The Bertz CT molecular complexity index is 1100. The summed E-state index contributed by atoms with van der Waals surface area (Å²) in [6.45, 7) is 7.72. The zero-order valence-electron chi connectivity index (χ0n) is 20.3. The Morgan fingerprint density at radius 2 is 1.57 bits per heavy atom. The molecular weight excluding hydrogens is 470 g/mol. The summed E-state index contributed by atoms with van der Waals surface area (Å²) in [5.74, 6) is -0.397. The molecule has 0 saturated heterocycles. The molecular formula is C25H31N3O6S. The molecule has 35 heavy (non-hydrogen) atoms. The predicted octanol–water partition coefficient (Wildman–Crippen LogP) is 3.76. The number of rotatable bonds is 13. The van der Waals surface area contributed by atoms with Crippen LogP contribution in [-0.4, -0.2) is 70.9 Å². The maximum absolute atomic E-state index is 12.9. The first-order valence-electron chi connectivity index (χ1n) is 11.4. The molecule has 0 bridgehead atoms. The van der Waals surface area contributed by atoms with E-state index in [9.17, 15) is 9.59 Å². The third-order valence-electron chi connectivity index (χ3n) is 4.59. The minimum Gasteiger partial charge on any atom is -0.458 e. The first kappa shape index (κ1) is 26.8. The van der Waals surface area contributed by atoms with Gasteiger partial charge < -0.3 is 23.5 Å². The molecule has 2 aromatic heterocycles. The van der Waals surface area contributed by atoms with Crippen molar-refractivity contribution in [3.63, 3.8) is 0 Å². The van der Waals surface area contributed by atoms with E-state index in [1.165, 1.54) is 0 Å². The van der Waals surface area contributed by atoms with Crippen LogP contribution in [0.2, 0.25) is 0 Å². The van der Waals surface area contributed by atoms with E-state index in [2.05, 4.69) is 9.97 Å². The average molecular weight is 502 g/mol. The Hall–Kier alpha value is -2.79. The van der Waals surface area contributed by atoms with Crippen LogP contribution in [0.25, 0.3) is 10.9 Å². The van der Waals surface area contributed by atoms with Crippen LogP contribution >= 0.6 is 11.8 Å². The highest BCUT2D eigenvalue weighted by atomic mass is 32.2. The molecule has 0 N–H and O–H groups in total. The van der Waals surface area contributed by atoms with Gasteiger partial charge in [0.2, 0.25) is 5.12 Å². The van der Waals surface area contributed by atoms with Crippen LogP contribution in [0.1, 0.15) is 31.3 Å². The Morgan fingerprint density at radius 3 is 2.29 bits per heavy atom. The number of hydrogen-bond donors (Lipinski definition) is 0. The maximum Gasteiger partial charge on any atom is 0.332 e. The quantitative estimate of drug-likeness (QED) is 0.150. The van der Waals surface area contributed by atoms with Gasteiger partial charge >= 0.3 is 5.97 Å². The normalized spacial score (nSPS) is 11.6. The van der Waals surface area contributed by atoms with Crippen molar-refractivity contribution >= 4 is 33.7 Å². The zero-order valence-corrected chi connectivity index (χ0v) is 21.1. The van der Waals surface area contributed by atoms with Gasteiger partial charge in [-0.2, -0.15) is 0 Å². The summed E-state index contributed by atoms with van der Waals surface area (Å²) in [4.78, 5) is 32.7. The Balaban J connectivity index is 1.39. The Morgan fingerprint density at radius 1 is 0.914 bits per heavy atom. The number of ether oxygens (including phenoxy) is 4. The Labute approximate surface area is 209 Å². The molecule has 3 rings (SSSR count). The van der Waals surface area contributed by atoms with Gasteiger partial charge in [-0.1, -0.05) is 18.2 Å². The molecule has 2 heterocycles. The molecule has 0 aliphatic rings. The van der Waals surface area contributed by atoms with Gasteiger partial charge in [0.15, 0.2) is 5.16 Å². The number of fused-ring (bicyclic) bond motifs is 1. The molecule has 3 aromatic rings. The van der Waals surface area contributed by atoms with Crippen LogP contribution in [0, 0.1) is 0 Å². The number of aromatic nitrogens is 3. The van der Waals surface area contributed by atoms with Gasteiger partial charge in [-0.05, 0) is 50.7 Å². The second kappa shape index (κ2) is 13.3. The third-order valence-corrected chi connectivity index (χ3v) is 5.38. The number of hydrogen-bond acceptors (Lipinski definition) is 9. The fraction of sp³-hybridized carbons (Fsp3) is 0.440. The van der Waals surface area contributed by atoms with Crippen molar-refractivity contribution < 1.29 is 28.5 Å². The van der Waals surface area contributed by atoms with Crippen LogP contribution in [0.4, 0.5) is 0 Å². The van der Waals surface area contributed by atoms with Gasteiger partial charge in [-0.3, -0.25) is 4.79 Å². The van der Waals surface area contributed by atoms with Gasteiger partial charge in [-0.25, -0.2) is 14.8 Å². The monoisotopic (exact) mass is 501 g/mol. The van der Waals surface area contributed by atoms with E-state index in [0.717, 1.165) is 22.7 Å². The zero-order chi connectivity index (χ0) is 25.1. The van der Waals surface area contributed by atoms with E-state index in [1.807, 2.05) is 55.7 Å². The molecule has 0 atom stereocenters. The molecule has 0 amide bonds. The minimum atomic E-state index is -0.523. The molecule has 0 saturated carbocycles. The molecule has 0 radical (unpaired) electrons. The van der Waals surface area contributed by atoms with E-state index in [1.54, 1.807) is 18.5 Å². The topological polar surface area (TPSA) is 102 Å². The minimum absolute atomic E-state index is 0.0995. The van der Waals surface area contributed by atoms with E-state index in [-0.39, 0.29) is 11.7 Å². The maximum atomic E-state index is 12.9. The first-order valence-corrected chi connectivity index (χ1v) is 12.2. The summed E-state index contributed by atoms with van der Waals surface area (Å²) in [6, 6.07) is 11.4. The summed E-state index contributed by atoms with van der Waals surface area (Å²) in [5, 5.41) is 1.28. The molecule has 9 nitrogen and oxygen atoms in total. The highest BCUT2D eigenvalue weighted by molar-refractivity contribution is 8.14. The number of esters is 1. The predicted molar refractivity (Wildman–Crippen MR) is 132 cm³/mol. The molecule has 0 spiro atoms. The van der Waals surface area contributed by atoms with Crippen molar-refractivity contribution in [3.8, 4) is 0 Å². The molecule has 0 fully saturated rings. The molecule has 0 aliphatic carbocycles. The highest BCUT2D eigenvalue weighted by Gasteiger charge is 2.18. The molecule has 0 aliphatic heterocycles. The molecule has 0 unspecified atom stereocenters. The summed E-state index contributed by atoms with van der Waals surface area (Å²) in [5.41, 5.74) is 1.02. The lowest BCUT2D eigenvalue weighted by molar-refractivity contribution is -0.160. The van der Waals surface area contributed by atoms with Crippen LogP contribution in [-0.2, 0) is 30.3 Å². The van der Waals surface area contributed by atoms with Gasteiger partial charge in [0.1, 0.15) is 12.2 Å². The van der Waals surface area contributed by atoms with Gasteiger partial charge in [0, 0.05) is 29.8 Å². The van der Waals surface area contributed by atoms with Gasteiger partial charge in [0.05, 0.1) is 38.7 Å². The van der Waals surface area contributed by atoms with Crippen LogP contribution < -0.4 is 0 Å². The van der Waals surface area contributed by atoms with E-state index in [0.29, 0.717) is 50.4 Å². The standard InChI is InChI=1S/C25H31N3O6S/c1-25(2,3)34-22(29)18-33-16-15-32-14-13-31-12-11-28-20-8-5-4-7-19(20)17-21(28)23(30)35-24-26-9-6-10-27-24/h4-10,17H,11-16,18H2,1-3H3. The van der Waals surface area contributed by atoms with E-state index < -0.39 is 11.6 Å². The summed E-state index contributed by atoms with van der Waals surface area (Å²) < 4.78 is 23.5. The SMILES string of the molecule is CC(C)(C)OC(=O)COCCOCCOCCn1c(C(=O)Sc2ncccn2)cc2ccccc21. The van der Waals surface area contributed by atoms with Crippen molar-refractivity contribution in [2.45, 2.75) is 38.1 Å². The van der Waals surface area contributed by atoms with Crippen molar-refractivity contribution in [2.24, 2.45) is 0 Å². The van der Waals surface area contributed by atoms with Crippen molar-refractivity contribution in [2.75, 3.05) is 39.6 Å². The lowest BCUT2D eigenvalue weighted by Crippen LogP contribution is -2.27. The number of para-hydroxylation sites is 1. The summed E-state index contributed by atoms with van der Waals surface area (Å²) in [7, 11) is 0. The number of nitrogens with zero attached hydrogens (tertiary/aromatic N) is 3. The average Bonchev–Trinajstić information content (AvgIpc) is 3.18. The molecule has 10 heteroatoms. The van der Waals surface area contributed by atoms with E-state index >= 15 is 0 Å². The van der Waals surface area contributed by atoms with Crippen LogP contribution in [0.15, 0.2) is 53.9 Å². The first-order chi connectivity index (χ1) is 16.8. The number of benzene rings is 1. The lowest BCUT2D eigenvalue weighted by atomic mass is 10.2. The fourth-order valence-electron chi connectivity index (χ4n) is 3.22. The summed E-state index contributed by atoms with van der Waals surface area (Å²) in [6.07, 6.45) is 3.22. The second-order valence-corrected chi connectivity index (χ2v) is 9.46. The third kappa shape index (κ3) is 9.06. The number of carbonyl (C=O) groups excluding carboxylic acids is 2. The largest absolute Gasteiger partial charge is 0.458 e. The fourth-order valence-corrected chi connectivity index (χ4v) is 3.88. The highest BCUT2D eigenvalue weighted by Crippen LogP contribution is 2.25. The van der Waals surface area contributed by atoms with Crippen LogP contribution in [0.5, 0.6) is 0 Å². The van der Waals surface area contributed by atoms with Crippen molar-refractivity contribution in [1.29, 1.82) is 0 Å². The van der Waals surface area contributed by atoms with Crippen LogP contribution in [0.3, 0.4) is 0 Å². The van der Waals surface area contributed by atoms with Crippen molar-refractivity contribution in [1.82, 2.24) is 14.5 Å². The van der Waals surface area contributed by atoms with E-state index in [4.69, 9.17) is 18.9 Å². The van der Waals surface area contributed by atoms with Crippen molar-refractivity contribution in [3.05, 3.63) is 54.5 Å². The smallest absolute Gasteiger partial charge is 0.332 e. The lowest BCUT2D eigenvalue weighted by Gasteiger charge is -2.19.